The van der Waals surface area contributed by atoms with Crippen molar-refractivity contribution in [2.75, 3.05) is 6.61 Å². The Hall–Kier alpha value is -1.23. The van der Waals surface area contributed by atoms with Crippen molar-refractivity contribution in [1.82, 2.24) is 0 Å². The number of rotatable bonds is 4. The van der Waals surface area contributed by atoms with Crippen LogP contribution in [0.1, 0.15) is 51.8 Å². The van der Waals surface area contributed by atoms with Gasteiger partial charge in [0, 0.05) is 0 Å². The van der Waals surface area contributed by atoms with Crippen LogP contribution in [0.4, 0.5) is 13.2 Å². The highest BCUT2D eigenvalue weighted by molar-refractivity contribution is 5.42. The van der Waals surface area contributed by atoms with Crippen LogP contribution in [0.25, 0.3) is 0 Å². The third kappa shape index (κ3) is 4.92. The number of ether oxygens (including phenoxy) is 1. The van der Waals surface area contributed by atoms with E-state index in [2.05, 4.69) is 0 Å². The van der Waals surface area contributed by atoms with Crippen molar-refractivity contribution in [2.24, 2.45) is 5.92 Å². The lowest BCUT2D eigenvalue weighted by atomic mass is 9.84. The van der Waals surface area contributed by atoms with Crippen LogP contribution in [0.15, 0.2) is 18.2 Å². The molecule has 0 saturated heterocycles. The van der Waals surface area contributed by atoms with Gasteiger partial charge in [-0.15, -0.1) is 0 Å². The number of aliphatic hydroxyl groups is 1. The quantitative estimate of drug-likeness (QED) is 0.880. The molecule has 0 aliphatic carbocycles. The molecule has 21 heavy (non-hydrogen) atoms. The Bertz CT molecular complexity index is 473. The van der Waals surface area contributed by atoms with Gasteiger partial charge in [0.2, 0.25) is 0 Å². The minimum atomic E-state index is -4.67. The van der Waals surface area contributed by atoms with Gasteiger partial charge in [-0.1, -0.05) is 40.7 Å². The van der Waals surface area contributed by atoms with Gasteiger partial charge < -0.3 is 9.84 Å². The molecule has 0 aliphatic heterocycles. The third-order valence-electron chi connectivity index (χ3n) is 3.01. The summed E-state index contributed by atoms with van der Waals surface area (Å²) in [5, 5.41) is 9.39. The van der Waals surface area contributed by atoms with Crippen molar-refractivity contribution in [3.63, 3.8) is 0 Å². The summed E-state index contributed by atoms with van der Waals surface area (Å²) in [6.45, 7) is 10.2. The van der Waals surface area contributed by atoms with Gasteiger partial charge in [0.25, 0.3) is 0 Å². The number of hydrogen-bond acceptors (Lipinski definition) is 2. The van der Waals surface area contributed by atoms with Crippen molar-refractivity contribution in [3.8, 4) is 5.75 Å². The van der Waals surface area contributed by atoms with Gasteiger partial charge in [-0.05, 0) is 34.6 Å². The van der Waals surface area contributed by atoms with Crippen LogP contribution in [0, 0.1) is 5.92 Å². The summed E-state index contributed by atoms with van der Waals surface area (Å²) >= 11 is 0. The van der Waals surface area contributed by atoms with E-state index in [1.54, 1.807) is 0 Å². The van der Waals surface area contributed by atoms with E-state index in [0.29, 0.717) is 23.8 Å². The zero-order chi connectivity index (χ0) is 16.4. The molecule has 0 saturated carbocycles. The Kier molecular flexibility index (Phi) is 5.31. The zero-order valence-corrected chi connectivity index (χ0v) is 13.1. The Morgan fingerprint density at radius 1 is 1.14 bits per heavy atom. The second-order valence-electron chi connectivity index (χ2n) is 6.65. The van der Waals surface area contributed by atoms with Crippen molar-refractivity contribution in [3.05, 3.63) is 29.3 Å². The average Bonchev–Trinajstić information content (AvgIpc) is 2.33. The summed E-state index contributed by atoms with van der Waals surface area (Å²) in [5.74, 6) is 0.882. The van der Waals surface area contributed by atoms with E-state index in [0.717, 1.165) is 0 Å². The molecule has 1 N–H and O–H groups in total. The van der Waals surface area contributed by atoms with Crippen LogP contribution in [-0.4, -0.2) is 17.9 Å². The lowest BCUT2D eigenvalue weighted by molar-refractivity contribution is -0.206. The molecule has 0 amide bonds. The minimum Gasteiger partial charge on any atom is -0.493 e. The van der Waals surface area contributed by atoms with E-state index < -0.39 is 12.3 Å². The minimum absolute atomic E-state index is 0.163. The highest BCUT2D eigenvalue weighted by Gasteiger charge is 2.40. The molecule has 0 aromatic heterocycles. The molecule has 0 radical (unpaired) electrons. The fourth-order valence-corrected chi connectivity index (χ4v) is 1.88. The molecule has 1 rings (SSSR count). The molecule has 0 heterocycles. The number of aliphatic hydroxyl groups excluding tert-OH is 1. The Balaban J connectivity index is 3.19. The summed E-state index contributed by atoms with van der Waals surface area (Å²) in [6.07, 6.45) is -7.15. The summed E-state index contributed by atoms with van der Waals surface area (Å²) in [4.78, 5) is 0. The van der Waals surface area contributed by atoms with Crippen LogP contribution >= 0.6 is 0 Å². The zero-order valence-electron chi connectivity index (χ0n) is 13.1. The van der Waals surface area contributed by atoms with Gasteiger partial charge in [-0.3, -0.25) is 0 Å². The van der Waals surface area contributed by atoms with Crippen molar-refractivity contribution >= 4 is 0 Å². The topological polar surface area (TPSA) is 29.5 Å². The molecule has 5 heteroatoms. The highest BCUT2D eigenvalue weighted by atomic mass is 19.4. The molecule has 120 valence electrons. The Morgan fingerprint density at radius 3 is 2.14 bits per heavy atom. The smallest absolute Gasteiger partial charge is 0.418 e. The van der Waals surface area contributed by atoms with E-state index in [1.807, 2.05) is 34.6 Å². The van der Waals surface area contributed by atoms with Gasteiger partial charge in [0.05, 0.1) is 6.61 Å². The fraction of sp³-hybridized carbons (Fsp3) is 0.625. The monoisotopic (exact) mass is 304 g/mol. The lowest BCUT2D eigenvalue weighted by Crippen LogP contribution is -2.22. The van der Waals surface area contributed by atoms with Crippen molar-refractivity contribution < 1.29 is 23.0 Å². The summed E-state index contributed by atoms with van der Waals surface area (Å²) in [7, 11) is 0. The van der Waals surface area contributed by atoms with Crippen LogP contribution in [0.2, 0.25) is 0 Å². The van der Waals surface area contributed by atoms with E-state index >= 15 is 0 Å². The highest BCUT2D eigenvalue weighted by Crippen LogP contribution is 2.38. The molecule has 1 unspecified atom stereocenters. The number of benzene rings is 1. The maximum Gasteiger partial charge on any atom is 0.418 e. The second-order valence-corrected chi connectivity index (χ2v) is 6.65. The molecule has 1 aromatic rings. The Labute approximate surface area is 123 Å². The van der Waals surface area contributed by atoms with Crippen LogP contribution < -0.4 is 4.74 Å². The predicted octanol–water partition coefficient (Wildman–Crippen LogP) is 4.61. The predicted molar refractivity (Wildman–Crippen MR) is 76.5 cm³/mol. The molecule has 0 bridgehead atoms. The molecular weight excluding hydrogens is 281 g/mol. The molecule has 0 fully saturated rings. The van der Waals surface area contributed by atoms with Gasteiger partial charge >= 0.3 is 6.18 Å². The first-order valence-corrected chi connectivity index (χ1v) is 6.95. The molecular formula is C16H23F3O2. The first-order valence-electron chi connectivity index (χ1n) is 6.95. The lowest BCUT2D eigenvalue weighted by Gasteiger charge is -2.25. The normalized spacial score (nSPS) is 14.4. The molecule has 1 aromatic carbocycles. The van der Waals surface area contributed by atoms with Gasteiger partial charge in [0.1, 0.15) is 5.75 Å². The maximum absolute atomic E-state index is 12.6. The van der Waals surface area contributed by atoms with Crippen LogP contribution in [-0.2, 0) is 5.41 Å². The van der Waals surface area contributed by atoms with E-state index in [4.69, 9.17) is 4.74 Å². The summed E-state index contributed by atoms with van der Waals surface area (Å²) < 4.78 is 43.6. The molecule has 1 atom stereocenters. The van der Waals surface area contributed by atoms with E-state index in [1.165, 1.54) is 18.2 Å². The summed E-state index contributed by atoms with van der Waals surface area (Å²) in [5.41, 5.74) is 0.112. The molecule has 2 nitrogen and oxygen atoms in total. The van der Waals surface area contributed by atoms with E-state index in [-0.39, 0.29) is 11.0 Å². The SMILES string of the molecule is CC(C)COc1ccc(C(O)C(F)(F)F)cc1C(C)(C)C. The van der Waals surface area contributed by atoms with Gasteiger partial charge in [-0.2, -0.15) is 13.2 Å². The second kappa shape index (κ2) is 6.26. The number of alkyl halides is 3. The van der Waals surface area contributed by atoms with Crippen molar-refractivity contribution in [2.45, 2.75) is 52.3 Å². The maximum atomic E-state index is 12.6. The summed E-state index contributed by atoms with van der Waals surface area (Å²) in [6, 6.07) is 4.16. The van der Waals surface area contributed by atoms with Gasteiger partial charge in [0.15, 0.2) is 6.10 Å². The first-order chi connectivity index (χ1) is 9.43. The third-order valence-corrected chi connectivity index (χ3v) is 3.01. The molecule has 0 aliphatic rings. The standard InChI is InChI=1S/C16H23F3O2/c1-10(2)9-21-13-7-6-11(14(20)16(17,18)19)8-12(13)15(3,4)5/h6-8,10,14,20H,9H2,1-5H3. The first kappa shape index (κ1) is 17.8. The largest absolute Gasteiger partial charge is 0.493 e. The van der Waals surface area contributed by atoms with Crippen molar-refractivity contribution in [1.29, 1.82) is 0 Å². The average molecular weight is 304 g/mol. The number of hydrogen-bond donors (Lipinski definition) is 1. The Morgan fingerprint density at radius 2 is 1.71 bits per heavy atom. The fourth-order valence-electron chi connectivity index (χ4n) is 1.88. The number of halogens is 3. The van der Waals surface area contributed by atoms with Crippen LogP contribution in [0.5, 0.6) is 5.75 Å². The molecule has 0 spiro atoms. The van der Waals surface area contributed by atoms with Crippen LogP contribution in [0.3, 0.4) is 0 Å². The van der Waals surface area contributed by atoms with E-state index in [9.17, 15) is 18.3 Å². The van der Waals surface area contributed by atoms with Gasteiger partial charge in [-0.25, -0.2) is 0 Å².